The summed E-state index contributed by atoms with van der Waals surface area (Å²) in [5.41, 5.74) is 0. The molecule has 11 heavy (non-hydrogen) atoms. The van der Waals surface area contributed by atoms with Crippen LogP contribution in [0.15, 0.2) is 0 Å². The van der Waals surface area contributed by atoms with Gasteiger partial charge < -0.3 is 15.5 Å². The van der Waals surface area contributed by atoms with E-state index in [2.05, 4.69) is 5.32 Å². The monoisotopic (exact) mass is 161 g/mol. The standard InChI is InChI=1S/C7H15NO3/c9-5-3-1-2-4-8-7(11)6-10/h9-10H,1-6H2,(H,8,11). The predicted molar refractivity (Wildman–Crippen MR) is 41.0 cm³/mol. The highest BCUT2D eigenvalue weighted by Gasteiger charge is 1.94. The largest absolute Gasteiger partial charge is 0.396 e. The van der Waals surface area contributed by atoms with Crippen molar-refractivity contribution in [2.75, 3.05) is 19.8 Å². The number of rotatable bonds is 6. The van der Waals surface area contributed by atoms with Crippen molar-refractivity contribution in [3.63, 3.8) is 0 Å². The van der Waals surface area contributed by atoms with Crippen molar-refractivity contribution < 1.29 is 15.0 Å². The van der Waals surface area contributed by atoms with Gasteiger partial charge in [0.2, 0.25) is 5.91 Å². The highest BCUT2D eigenvalue weighted by atomic mass is 16.3. The fraction of sp³-hybridized carbons (Fsp3) is 0.857. The molecule has 0 spiro atoms. The molecule has 0 bridgehead atoms. The zero-order chi connectivity index (χ0) is 8.53. The second-order valence-electron chi connectivity index (χ2n) is 2.29. The summed E-state index contributed by atoms with van der Waals surface area (Å²) in [7, 11) is 0. The fourth-order valence-corrected chi connectivity index (χ4v) is 0.697. The summed E-state index contributed by atoms with van der Waals surface area (Å²) in [6.45, 7) is 0.341. The first-order valence-electron chi connectivity index (χ1n) is 3.79. The van der Waals surface area contributed by atoms with Crippen molar-refractivity contribution in [3.8, 4) is 0 Å². The van der Waals surface area contributed by atoms with Gasteiger partial charge in [-0.05, 0) is 19.3 Å². The Labute approximate surface area is 66.2 Å². The molecule has 0 saturated carbocycles. The van der Waals surface area contributed by atoms with Crippen LogP contribution in [0.25, 0.3) is 0 Å². The smallest absolute Gasteiger partial charge is 0.245 e. The maximum atomic E-state index is 10.4. The van der Waals surface area contributed by atoms with Crippen LogP contribution in [0.2, 0.25) is 0 Å². The number of amides is 1. The first-order valence-corrected chi connectivity index (χ1v) is 3.79. The average Bonchev–Trinajstić information content (AvgIpc) is 2.04. The topological polar surface area (TPSA) is 69.6 Å². The van der Waals surface area contributed by atoms with E-state index in [0.29, 0.717) is 6.54 Å². The van der Waals surface area contributed by atoms with Gasteiger partial charge in [0.1, 0.15) is 6.61 Å². The van der Waals surface area contributed by atoms with E-state index in [1.54, 1.807) is 0 Å². The van der Waals surface area contributed by atoms with E-state index in [0.717, 1.165) is 19.3 Å². The van der Waals surface area contributed by atoms with Crippen LogP contribution in [0.1, 0.15) is 19.3 Å². The highest BCUT2D eigenvalue weighted by Crippen LogP contribution is 1.91. The molecular formula is C7H15NO3. The number of carbonyl (C=O) groups is 1. The molecule has 0 aromatic carbocycles. The third kappa shape index (κ3) is 7.29. The summed E-state index contributed by atoms with van der Waals surface area (Å²) < 4.78 is 0. The van der Waals surface area contributed by atoms with Crippen LogP contribution in [-0.4, -0.2) is 35.9 Å². The Bertz CT molecular complexity index is 106. The van der Waals surface area contributed by atoms with Crippen molar-refractivity contribution in [2.24, 2.45) is 0 Å². The van der Waals surface area contributed by atoms with Gasteiger partial charge in [-0.25, -0.2) is 0 Å². The van der Waals surface area contributed by atoms with Gasteiger partial charge in [0, 0.05) is 13.2 Å². The molecule has 1 amide bonds. The third-order valence-electron chi connectivity index (χ3n) is 1.30. The molecule has 0 radical (unpaired) electrons. The molecule has 4 nitrogen and oxygen atoms in total. The van der Waals surface area contributed by atoms with Crippen LogP contribution in [0.4, 0.5) is 0 Å². The van der Waals surface area contributed by atoms with Gasteiger partial charge in [0.15, 0.2) is 0 Å². The summed E-state index contributed by atoms with van der Waals surface area (Å²) in [4.78, 5) is 10.4. The molecule has 0 rings (SSSR count). The van der Waals surface area contributed by atoms with Crippen LogP contribution < -0.4 is 5.32 Å². The molecule has 0 atom stereocenters. The quantitative estimate of drug-likeness (QED) is 0.449. The number of hydrogen-bond acceptors (Lipinski definition) is 3. The fourth-order valence-electron chi connectivity index (χ4n) is 0.697. The summed E-state index contributed by atoms with van der Waals surface area (Å²) in [5, 5.41) is 19.2. The Kier molecular flexibility index (Phi) is 7.08. The maximum absolute atomic E-state index is 10.4. The molecule has 0 fully saturated rings. The van der Waals surface area contributed by atoms with Crippen LogP contribution in [0.3, 0.4) is 0 Å². The van der Waals surface area contributed by atoms with Gasteiger partial charge >= 0.3 is 0 Å². The van der Waals surface area contributed by atoms with Gasteiger partial charge in [0.05, 0.1) is 0 Å². The lowest BCUT2D eigenvalue weighted by Crippen LogP contribution is -2.27. The highest BCUT2D eigenvalue weighted by molar-refractivity contribution is 5.76. The molecule has 4 heteroatoms. The van der Waals surface area contributed by atoms with Crippen LogP contribution in [0.5, 0.6) is 0 Å². The average molecular weight is 161 g/mol. The molecule has 0 heterocycles. The summed E-state index contributed by atoms with van der Waals surface area (Å²) >= 11 is 0. The van der Waals surface area contributed by atoms with Crippen molar-refractivity contribution in [2.45, 2.75) is 19.3 Å². The van der Waals surface area contributed by atoms with Gasteiger partial charge in [-0.3, -0.25) is 4.79 Å². The Morgan fingerprint density at radius 1 is 1.18 bits per heavy atom. The number of carbonyl (C=O) groups excluding carboxylic acids is 1. The molecule has 3 N–H and O–H groups in total. The normalized spacial score (nSPS) is 9.64. The molecule has 0 aliphatic heterocycles. The summed E-state index contributed by atoms with van der Waals surface area (Å²) in [5.74, 6) is -0.339. The second-order valence-corrected chi connectivity index (χ2v) is 2.29. The Morgan fingerprint density at radius 3 is 2.45 bits per heavy atom. The Balaban J connectivity index is 2.95. The lowest BCUT2D eigenvalue weighted by atomic mass is 10.2. The van der Waals surface area contributed by atoms with E-state index in [1.165, 1.54) is 0 Å². The lowest BCUT2D eigenvalue weighted by Gasteiger charge is -2.01. The maximum Gasteiger partial charge on any atom is 0.245 e. The molecule has 0 aliphatic carbocycles. The Hall–Kier alpha value is -0.610. The van der Waals surface area contributed by atoms with Crippen LogP contribution in [0, 0.1) is 0 Å². The molecular weight excluding hydrogens is 146 g/mol. The van der Waals surface area contributed by atoms with Gasteiger partial charge in [-0.2, -0.15) is 0 Å². The number of hydrogen-bond donors (Lipinski definition) is 3. The molecule has 0 aliphatic rings. The van der Waals surface area contributed by atoms with Crippen molar-refractivity contribution >= 4 is 5.91 Å². The van der Waals surface area contributed by atoms with E-state index in [1.807, 2.05) is 0 Å². The Morgan fingerprint density at radius 2 is 1.91 bits per heavy atom. The van der Waals surface area contributed by atoms with Crippen molar-refractivity contribution in [1.29, 1.82) is 0 Å². The van der Waals surface area contributed by atoms with Gasteiger partial charge in [0.25, 0.3) is 0 Å². The van der Waals surface area contributed by atoms with Crippen molar-refractivity contribution in [1.82, 2.24) is 5.32 Å². The number of unbranched alkanes of at least 4 members (excludes halogenated alkanes) is 2. The second kappa shape index (κ2) is 7.50. The zero-order valence-corrected chi connectivity index (χ0v) is 6.55. The summed E-state index contributed by atoms with van der Waals surface area (Å²) in [6, 6.07) is 0. The number of aliphatic hydroxyl groups is 2. The van der Waals surface area contributed by atoms with E-state index < -0.39 is 6.61 Å². The number of aliphatic hydroxyl groups excluding tert-OH is 2. The minimum absolute atomic E-state index is 0.202. The minimum Gasteiger partial charge on any atom is -0.396 e. The first-order chi connectivity index (χ1) is 5.31. The van der Waals surface area contributed by atoms with E-state index in [4.69, 9.17) is 10.2 Å². The molecule has 0 aromatic heterocycles. The third-order valence-corrected chi connectivity index (χ3v) is 1.30. The molecule has 66 valence electrons. The van der Waals surface area contributed by atoms with Gasteiger partial charge in [-0.1, -0.05) is 0 Å². The predicted octanol–water partition coefficient (Wildman–Crippen LogP) is -0.743. The van der Waals surface area contributed by atoms with E-state index >= 15 is 0 Å². The lowest BCUT2D eigenvalue weighted by molar-refractivity contribution is -0.123. The van der Waals surface area contributed by atoms with Crippen LogP contribution >= 0.6 is 0 Å². The zero-order valence-electron chi connectivity index (χ0n) is 6.55. The summed E-state index contributed by atoms with van der Waals surface area (Å²) in [6.07, 6.45) is 2.53. The van der Waals surface area contributed by atoms with Gasteiger partial charge in [-0.15, -0.1) is 0 Å². The van der Waals surface area contributed by atoms with Crippen LogP contribution in [-0.2, 0) is 4.79 Å². The minimum atomic E-state index is -0.444. The van der Waals surface area contributed by atoms with E-state index in [9.17, 15) is 4.79 Å². The number of nitrogens with one attached hydrogen (secondary N) is 1. The molecule has 0 saturated heterocycles. The van der Waals surface area contributed by atoms with E-state index in [-0.39, 0.29) is 12.5 Å². The SMILES string of the molecule is O=C(CO)NCCCCCO. The first kappa shape index (κ1) is 10.4. The molecule has 0 aromatic rings. The molecule has 0 unspecified atom stereocenters. The van der Waals surface area contributed by atoms with Crippen molar-refractivity contribution in [3.05, 3.63) is 0 Å².